The van der Waals surface area contributed by atoms with Gasteiger partial charge in [-0.1, -0.05) is 109 Å². The lowest BCUT2D eigenvalue weighted by molar-refractivity contribution is -0.671. The first-order valence-corrected chi connectivity index (χ1v) is 15.2. The minimum absolute atomic E-state index is 0.929. The first-order valence-electron chi connectivity index (χ1n) is 13.2. The number of hydrogen-bond donors (Lipinski definition) is 0. The summed E-state index contributed by atoms with van der Waals surface area (Å²) in [6.45, 7) is 0.929. The van der Waals surface area contributed by atoms with Gasteiger partial charge in [-0.15, -0.1) is 0 Å². The molecule has 2 aromatic heterocycles. The highest BCUT2D eigenvalue weighted by atomic mass is 28.3. The van der Waals surface area contributed by atoms with E-state index in [0.717, 1.165) is 6.54 Å². The molecule has 0 atom stereocenters. The van der Waals surface area contributed by atoms with Crippen LogP contribution < -0.4 is 25.4 Å². The van der Waals surface area contributed by atoms with Gasteiger partial charge in [0, 0.05) is 23.0 Å². The van der Waals surface area contributed by atoms with Crippen LogP contribution >= 0.6 is 0 Å². The Kier molecular flexibility index (Phi) is 4.64. The summed E-state index contributed by atoms with van der Waals surface area (Å²) >= 11 is 0. The van der Waals surface area contributed by atoms with Crippen LogP contribution in [0.1, 0.15) is 5.56 Å². The SMILES string of the molecule is c1ccc(-c2ccc([Si]3(c4ccc(-c5ccccc5)cc4)c4ccc[n+]5c4-c4c(ccnc43)C5)cc2)cc1. The second-order valence-corrected chi connectivity index (χ2v) is 13.9. The summed E-state index contributed by atoms with van der Waals surface area (Å²) in [6, 6.07) is 46.7. The molecule has 0 bridgehead atoms. The molecule has 0 fully saturated rings. The fourth-order valence-corrected chi connectivity index (χ4v) is 11.6. The Morgan fingerprint density at radius 3 is 1.68 bits per heavy atom. The zero-order chi connectivity index (χ0) is 25.1. The van der Waals surface area contributed by atoms with E-state index in [0.29, 0.717) is 0 Å². The van der Waals surface area contributed by atoms with Crippen LogP contribution in [-0.2, 0) is 6.54 Å². The Balaban J connectivity index is 1.38. The van der Waals surface area contributed by atoms with Crippen molar-refractivity contribution in [2.24, 2.45) is 0 Å². The molecule has 0 saturated carbocycles. The first kappa shape index (κ1) is 21.5. The number of benzene rings is 4. The lowest BCUT2D eigenvalue weighted by atomic mass is 10.1. The number of nitrogens with zero attached hydrogens (tertiary/aromatic N) is 2. The molecule has 0 spiro atoms. The van der Waals surface area contributed by atoms with Crippen LogP contribution in [0.25, 0.3) is 33.5 Å². The van der Waals surface area contributed by atoms with E-state index in [2.05, 4.69) is 138 Å². The van der Waals surface area contributed by atoms with Crippen LogP contribution in [0, 0.1) is 0 Å². The maximum atomic E-state index is 5.18. The number of aromatic nitrogens is 2. The Morgan fingerprint density at radius 2 is 1.11 bits per heavy atom. The molecule has 0 saturated heterocycles. The number of rotatable bonds is 4. The third-order valence-corrected chi connectivity index (χ3v) is 13.0. The maximum absolute atomic E-state index is 5.18. The van der Waals surface area contributed by atoms with E-state index < -0.39 is 8.07 Å². The zero-order valence-corrected chi connectivity index (χ0v) is 21.9. The number of pyridine rings is 2. The van der Waals surface area contributed by atoms with Gasteiger partial charge < -0.3 is 0 Å². The van der Waals surface area contributed by atoms with Gasteiger partial charge in [0.05, 0.1) is 10.9 Å². The molecule has 0 aliphatic carbocycles. The molecule has 8 rings (SSSR count). The van der Waals surface area contributed by atoms with Crippen molar-refractivity contribution < 1.29 is 4.57 Å². The summed E-state index contributed by atoms with van der Waals surface area (Å²) < 4.78 is 2.43. The molecule has 0 radical (unpaired) electrons. The Labute approximate surface area is 223 Å². The van der Waals surface area contributed by atoms with Crippen LogP contribution in [0.15, 0.2) is 140 Å². The molecule has 38 heavy (non-hydrogen) atoms. The van der Waals surface area contributed by atoms with Gasteiger partial charge in [0.1, 0.15) is 0 Å². The third-order valence-electron chi connectivity index (χ3n) is 8.30. The molecule has 178 valence electrons. The molecule has 2 aliphatic heterocycles. The zero-order valence-electron chi connectivity index (χ0n) is 20.9. The van der Waals surface area contributed by atoms with Gasteiger partial charge in [-0.3, -0.25) is 4.98 Å². The van der Waals surface area contributed by atoms with Gasteiger partial charge in [-0.25, -0.2) is 0 Å². The molecule has 2 nitrogen and oxygen atoms in total. The molecule has 4 aromatic carbocycles. The Hall–Kier alpha value is -4.60. The molecular weight excluding hydrogens is 476 g/mol. The van der Waals surface area contributed by atoms with Crippen LogP contribution in [0.3, 0.4) is 0 Å². The average molecular weight is 502 g/mol. The fraction of sp³-hybridized carbons (Fsp3) is 0.0286. The largest absolute Gasteiger partial charge is 0.264 e. The predicted molar refractivity (Wildman–Crippen MR) is 157 cm³/mol. The van der Waals surface area contributed by atoms with Gasteiger partial charge in [0.25, 0.3) is 0 Å². The third kappa shape index (κ3) is 2.94. The smallest absolute Gasteiger partial charge is 0.215 e. The van der Waals surface area contributed by atoms with Crippen molar-refractivity contribution in [2.75, 3.05) is 0 Å². The summed E-state index contributed by atoms with van der Waals surface area (Å²) in [5.41, 5.74) is 9.10. The van der Waals surface area contributed by atoms with Crippen molar-refractivity contribution in [2.45, 2.75) is 6.54 Å². The highest BCUT2D eigenvalue weighted by Crippen LogP contribution is 2.32. The van der Waals surface area contributed by atoms with Gasteiger partial charge in [0.15, 0.2) is 12.7 Å². The highest BCUT2D eigenvalue weighted by Gasteiger charge is 2.56. The lowest BCUT2D eigenvalue weighted by Crippen LogP contribution is -2.74. The summed E-state index contributed by atoms with van der Waals surface area (Å²) in [5.74, 6) is 0. The summed E-state index contributed by atoms with van der Waals surface area (Å²) in [5, 5.41) is 5.50. The van der Waals surface area contributed by atoms with Crippen molar-refractivity contribution in [1.82, 2.24) is 4.98 Å². The summed E-state index contributed by atoms with van der Waals surface area (Å²) in [6.07, 6.45) is 4.26. The van der Waals surface area contributed by atoms with E-state index in [1.54, 1.807) is 0 Å². The number of hydrogen-bond acceptors (Lipinski definition) is 1. The fourth-order valence-electron chi connectivity index (χ4n) is 6.59. The summed E-state index contributed by atoms with van der Waals surface area (Å²) in [7, 11) is -2.60. The molecule has 0 unspecified atom stereocenters. The second kappa shape index (κ2) is 8.20. The van der Waals surface area contributed by atoms with E-state index in [-0.39, 0.29) is 0 Å². The van der Waals surface area contributed by atoms with Gasteiger partial charge in [-0.05, 0) is 44.8 Å². The van der Waals surface area contributed by atoms with Gasteiger partial charge >= 0.3 is 0 Å². The van der Waals surface area contributed by atoms with E-state index in [9.17, 15) is 0 Å². The molecule has 2 aliphatic rings. The van der Waals surface area contributed by atoms with Crippen molar-refractivity contribution in [1.29, 1.82) is 0 Å². The average Bonchev–Trinajstić information content (AvgIpc) is 3.54. The van der Waals surface area contributed by atoms with Crippen LogP contribution in [0.5, 0.6) is 0 Å². The monoisotopic (exact) mass is 501 g/mol. The van der Waals surface area contributed by atoms with Crippen molar-refractivity contribution >= 4 is 29.0 Å². The van der Waals surface area contributed by atoms with Crippen LogP contribution in [-0.4, -0.2) is 13.1 Å². The van der Waals surface area contributed by atoms with Crippen molar-refractivity contribution in [3.05, 3.63) is 145 Å². The standard InChI is InChI=1S/C35H25N2Si/c1-3-8-25(9-4-1)27-13-17-30(18-14-27)38(31-19-15-28(16-20-31)26-10-5-2-6-11-26)32-12-7-23-37-24-29-21-22-36-35(38)33(29)34(32)37/h1-23H,24H2/q+1. The Morgan fingerprint density at radius 1 is 0.553 bits per heavy atom. The topological polar surface area (TPSA) is 16.8 Å². The first-order chi connectivity index (χ1) is 18.8. The molecular formula is C35H25N2Si+. The van der Waals surface area contributed by atoms with Gasteiger partial charge in [0.2, 0.25) is 13.8 Å². The molecule has 6 aromatic rings. The van der Waals surface area contributed by atoms with Gasteiger partial charge in [-0.2, -0.15) is 4.57 Å². The lowest BCUT2D eigenvalue weighted by Gasteiger charge is -2.30. The molecule has 3 heteroatoms. The van der Waals surface area contributed by atoms with E-state index >= 15 is 0 Å². The molecule has 0 N–H and O–H groups in total. The minimum atomic E-state index is -2.60. The van der Waals surface area contributed by atoms with Crippen molar-refractivity contribution in [3.63, 3.8) is 0 Å². The Bertz CT molecular complexity index is 1670. The second-order valence-electron chi connectivity index (χ2n) is 10.2. The van der Waals surface area contributed by atoms with E-state index in [1.165, 1.54) is 60.0 Å². The summed E-state index contributed by atoms with van der Waals surface area (Å²) in [4.78, 5) is 5.18. The minimum Gasteiger partial charge on any atom is -0.264 e. The predicted octanol–water partition coefficient (Wildman–Crippen LogP) is 4.42. The van der Waals surface area contributed by atoms with E-state index in [4.69, 9.17) is 4.98 Å². The van der Waals surface area contributed by atoms with E-state index in [1.807, 2.05) is 6.20 Å². The normalized spacial score (nSPS) is 13.9. The van der Waals surface area contributed by atoms with Crippen LogP contribution in [0.4, 0.5) is 0 Å². The highest BCUT2D eigenvalue weighted by molar-refractivity contribution is 7.21. The maximum Gasteiger partial charge on any atom is 0.215 e. The van der Waals surface area contributed by atoms with Crippen molar-refractivity contribution in [3.8, 4) is 33.5 Å². The molecule has 0 amide bonds. The van der Waals surface area contributed by atoms with Crippen LogP contribution in [0.2, 0.25) is 0 Å². The molecule has 4 heterocycles. The quantitative estimate of drug-likeness (QED) is 0.258.